The van der Waals surface area contributed by atoms with Crippen LogP contribution in [0.15, 0.2) is 36.5 Å². The maximum atomic E-state index is 13.1. The lowest BCUT2D eigenvalue weighted by Gasteiger charge is -2.17. The number of benzene rings is 1. The Balaban J connectivity index is 2.44. The minimum Gasteiger partial charge on any atom is -0.449 e. The summed E-state index contributed by atoms with van der Waals surface area (Å²) in [6, 6.07) is 6.54. The summed E-state index contributed by atoms with van der Waals surface area (Å²) < 4.78 is 43.7. The smallest absolute Gasteiger partial charge is 0.449 e. The van der Waals surface area contributed by atoms with Crippen molar-refractivity contribution in [1.29, 1.82) is 0 Å². The number of halogens is 3. The summed E-state index contributed by atoms with van der Waals surface area (Å²) in [5.74, 6) is -0.0802. The van der Waals surface area contributed by atoms with Crippen molar-refractivity contribution in [1.82, 2.24) is 4.98 Å². The molecule has 122 valence electrons. The van der Waals surface area contributed by atoms with Gasteiger partial charge in [-0.05, 0) is 36.2 Å². The molecule has 0 fully saturated rings. The summed E-state index contributed by atoms with van der Waals surface area (Å²) >= 11 is 0. The third-order valence-corrected chi connectivity index (χ3v) is 3.06. The zero-order chi connectivity index (χ0) is 17.0. The van der Waals surface area contributed by atoms with E-state index in [1.807, 2.05) is 0 Å². The molecule has 1 aromatic heterocycles. The van der Waals surface area contributed by atoms with Crippen molar-refractivity contribution in [2.45, 2.75) is 19.5 Å². The van der Waals surface area contributed by atoms with E-state index in [1.54, 1.807) is 6.92 Å². The normalized spacial score (nSPS) is 11.1. The molecule has 0 unspecified atom stereocenters. The zero-order valence-corrected chi connectivity index (χ0v) is 12.0. The highest BCUT2D eigenvalue weighted by molar-refractivity contribution is 5.70. The van der Waals surface area contributed by atoms with Crippen LogP contribution in [0.4, 0.5) is 29.5 Å². The molecule has 0 atom stereocenters. The molecule has 1 heterocycles. The van der Waals surface area contributed by atoms with Gasteiger partial charge in [-0.25, -0.2) is 9.78 Å². The number of hydrogen-bond donors (Lipinski definition) is 2. The van der Waals surface area contributed by atoms with E-state index in [0.717, 1.165) is 6.07 Å². The Morgan fingerprint density at radius 2 is 2.04 bits per heavy atom. The number of carbonyl (C=O) groups is 1. The first kappa shape index (κ1) is 16.6. The van der Waals surface area contributed by atoms with Crippen LogP contribution < -0.4 is 10.1 Å². The molecule has 0 saturated heterocycles. The molecule has 23 heavy (non-hydrogen) atoms. The Morgan fingerprint density at radius 1 is 1.30 bits per heavy atom. The lowest BCUT2D eigenvalue weighted by molar-refractivity contribution is -0.138. The summed E-state index contributed by atoms with van der Waals surface area (Å²) in [6.45, 7) is 1.60. The molecular weight excluding hydrogens is 313 g/mol. The van der Waals surface area contributed by atoms with Gasteiger partial charge in [0.15, 0.2) is 11.6 Å². The van der Waals surface area contributed by atoms with E-state index in [-0.39, 0.29) is 29.2 Å². The predicted molar refractivity (Wildman–Crippen MR) is 77.0 cm³/mol. The van der Waals surface area contributed by atoms with Crippen LogP contribution in [0.3, 0.4) is 0 Å². The topological polar surface area (TPSA) is 71.5 Å². The maximum absolute atomic E-state index is 13.1. The van der Waals surface area contributed by atoms with Crippen LogP contribution in [0.1, 0.15) is 18.1 Å². The van der Waals surface area contributed by atoms with Crippen LogP contribution >= 0.6 is 0 Å². The Labute approximate surface area is 129 Å². The number of ether oxygens (including phenoxy) is 1. The monoisotopic (exact) mass is 326 g/mol. The molecular formula is C15H13F3N2O3. The highest BCUT2D eigenvalue weighted by Crippen LogP contribution is 2.37. The summed E-state index contributed by atoms with van der Waals surface area (Å²) in [7, 11) is 0. The SMILES string of the molecule is CCc1c(Nc2ncccc2OC(=O)O)cccc1C(F)(F)F. The summed E-state index contributed by atoms with van der Waals surface area (Å²) in [5, 5.41) is 11.4. The average Bonchev–Trinajstić information content (AvgIpc) is 2.47. The van der Waals surface area contributed by atoms with Crippen LogP contribution in [0.2, 0.25) is 0 Å². The van der Waals surface area contributed by atoms with E-state index in [4.69, 9.17) is 5.11 Å². The molecule has 2 N–H and O–H groups in total. The summed E-state index contributed by atoms with van der Waals surface area (Å²) in [5.41, 5.74) is -0.496. The highest BCUT2D eigenvalue weighted by atomic mass is 19.4. The van der Waals surface area contributed by atoms with E-state index < -0.39 is 17.9 Å². The highest BCUT2D eigenvalue weighted by Gasteiger charge is 2.33. The first-order chi connectivity index (χ1) is 10.8. The first-order valence-corrected chi connectivity index (χ1v) is 6.64. The minimum atomic E-state index is -4.48. The first-order valence-electron chi connectivity index (χ1n) is 6.64. The van der Waals surface area contributed by atoms with Crippen LogP contribution in [0.25, 0.3) is 0 Å². The fourth-order valence-corrected chi connectivity index (χ4v) is 2.14. The van der Waals surface area contributed by atoms with Gasteiger partial charge in [0.05, 0.1) is 5.56 Å². The van der Waals surface area contributed by atoms with Crippen molar-refractivity contribution in [2.75, 3.05) is 5.32 Å². The van der Waals surface area contributed by atoms with Crippen molar-refractivity contribution >= 4 is 17.7 Å². The van der Waals surface area contributed by atoms with Gasteiger partial charge in [0.25, 0.3) is 0 Å². The molecule has 0 bridgehead atoms. The fraction of sp³-hybridized carbons (Fsp3) is 0.200. The molecule has 0 radical (unpaired) electrons. The lowest BCUT2D eigenvalue weighted by atomic mass is 10.0. The number of nitrogens with one attached hydrogen (secondary N) is 1. The molecule has 2 aromatic rings. The number of nitrogens with zero attached hydrogens (tertiary/aromatic N) is 1. The average molecular weight is 326 g/mol. The van der Waals surface area contributed by atoms with Gasteiger partial charge in [-0.1, -0.05) is 13.0 Å². The number of hydrogen-bond acceptors (Lipinski definition) is 4. The second-order valence-electron chi connectivity index (χ2n) is 4.53. The molecule has 2 rings (SSSR count). The number of aromatic nitrogens is 1. The molecule has 5 nitrogen and oxygen atoms in total. The van der Waals surface area contributed by atoms with Crippen LogP contribution in [-0.2, 0) is 12.6 Å². The van der Waals surface area contributed by atoms with Crippen LogP contribution in [0, 0.1) is 0 Å². The molecule has 0 aliphatic rings. The number of carboxylic acid groups (broad SMARTS) is 1. The molecule has 0 aliphatic heterocycles. The van der Waals surface area contributed by atoms with Gasteiger partial charge >= 0.3 is 12.3 Å². The minimum absolute atomic E-state index is 0.0175. The number of anilines is 2. The zero-order valence-electron chi connectivity index (χ0n) is 12.0. The Bertz CT molecular complexity index is 717. The Hall–Kier alpha value is -2.77. The molecule has 0 amide bonds. The molecule has 0 spiro atoms. The van der Waals surface area contributed by atoms with Crippen LogP contribution in [-0.4, -0.2) is 16.2 Å². The van der Waals surface area contributed by atoms with Gasteiger partial charge in [-0.3, -0.25) is 0 Å². The van der Waals surface area contributed by atoms with E-state index >= 15 is 0 Å². The van der Waals surface area contributed by atoms with Gasteiger partial charge in [0, 0.05) is 11.9 Å². The standard InChI is InChI=1S/C15H13F3N2O3/c1-2-9-10(15(16,17)18)5-3-6-11(9)20-13-12(23-14(21)22)7-4-8-19-13/h3-8H,2H2,1H3,(H,19,20)(H,21,22). The Morgan fingerprint density at radius 3 is 2.65 bits per heavy atom. The number of rotatable bonds is 4. The van der Waals surface area contributed by atoms with Gasteiger partial charge in [-0.2, -0.15) is 13.2 Å². The summed E-state index contributed by atoms with van der Waals surface area (Å²) in [6.07, 6.45) is -4.51. The van der Waals surface area contributed by atoms with E-state index in [9.17, 15) is 18.0 Å². The van der Waals surface area contributed by atoms with Crippen LogP contribution in [0.5, 0.6) is 5.75 Å². The van der Waals surface area contributed by atoms with E-state index in [0.29, 0.717) is 0 Å². The van der Waals surface area contributed by atoms with Gasteiger partial charge in [0.2, 0.25) is 0 Å². The third kappa shape index (κ3) is 3.91. The molecule has 1 aromatic carbocycles. The van der Waals surface area contributed by atoms with Crippen molar-refractivity contribution < 1.29 is 27.8 Å². The number of pyridine rings is 1. The quantitative estimate of drug-likeness (QED) is 0.812. The van der Waals surface area contributed by atoms with E-state index in [2.05, 4.69) is 15.0 Å². The van der Waals surface area contributed by atoms with Crippen molar-refractivity contribution in [3.63, 3.8) is 0 Å². The van der Waals surface area contributed by atoms with Crippen molar-refractivity contribution in [3.8, 4) is 5.75 Å². The van der Waals surface area contributed by atoms with E-state index in [1.165, 1.54) is 30.5 Å². The summed E-state index contributed by atoms with van der Waals surface area (Å²) in [4.78, 5) is 14.6. The lowest BCUT2D eigenvalue weighted by Crippen LogP contribution is -2.11. The maximum Gasteiger partial charge on any atom is 0.511 e. The molecule has 0 saturated carbocycles. The van der Waals surface area contributed by atoms with Gasteiger partial charge in [0.1, 0.15) is 0 Å². The Kier molecular flexibility index (Phi) is 4.73. The third-order valence-electron chi connectivity index (χ3n) is 3.06. The molecule has 8 heteroatoms. The van der Waals surface area contributed by atoms with Crippen molar-refractivity contribution in [3.05, 3.63) is 47.7 Å². The predicted octanol–water partition coefficient (Wildman–Crippen LogP) is 4.46. The molecule has 0 aliphatic carbocycles. The fourth-order valence-electron chi connectivity index (χ4n) is 2.14. The largest absolute Gasteiger partial charge is 0.511 e. The van der Waals surface area contributed by atoms with Gasteiger partial charge < -0.3 is 15.2 Å². The van der Waals surface area contributed by atoms with Gasteiger partial charge in [-0.15, -0.1) is 0 Å². The number of alkyl halides is 3. The second-order valence-corrected chi connectivity index (χ2v) is 4.53. The second kappa shape index (κ2) is 6.55. The van der Waals surface area contributed by atoms with Crippen molar-refractivity contribution in [2.24, 2.45) is 0 Å².